The number of hydrogen-bond acceptors (Lipinski definition) is 2. The number of ketones is 1. The van der Waals surface area contributed by atoms with E-state index in [4.69, 9.17) is 4.74 Å². The van der Waals surface area contributed by atoms with Gasteiger partial charge in [0.15, 0.2) is 0 Å². The summed E-state index contributed by atoms with van der Waals surface area (Å²) >= 11 is 0. The summed E-state index contributed by atoms with van der Waals surface area (Å²) < 4.78 is 6.14. The van der Waals surface area contributed by atoms with Crippen LogP contribution in [-0.2, 0) is 9.53 Å². The second kappa shape index (κ2) is 6.17. The zero-order valence-electron chi connectivity index (χ0n) is 13.0. The third-order valence-corrected chi connectivity index (χ3v) is 6.08. The van der Waals surface area contributed by atoms with Crippen molar-refractivity contribution in [3.63, 3.8) is 0 Å². The van der Waals surface area contributed by atoms with Crippen LogP contribution in [0.4, 0.5) is 0 Å². The molecule has 0 aromatic heterocycles. The molecule has 1 saturated heterocycles. The number of hydrogen-bond donors (Lipinski definition) is 0. The molecule has 3 fully saturated rings. The predicted molar refractivity (Wildman–Crippen MR) is 80.6 cm³/mol. The van der Waals surface area contributed by atoms with Crippen LogP contribution in [0, 0.1) is 17.8 Å². The Morgan fingerprint density at radius 2 is 1.65 bits per heavy atom. The van der Waals surface area contributed by atoms with E-state index < -0.39 is 0 Å². The molecule has 1 atom stereocenters. The molecule has 0 bridgehead atoms. The molecule has 2 aliphatic carbocycles. The summed E-state index contributed by atoms with van der Waals surface area (Å²) in [4.78, 5) is 12.8. The van der Waals surface area contributed by atoms with Crippen molar-refractivity contribution in [3.8, 4) is 0 Å². The van der Waals surface area contributed by atoms with Crippen LogP contribution in [0.3, 0.4) is 0 Å². The molecule has 3 aliphatic rings. The predicted octanol–water partition coefficient (Wildman–Crippen LogP) is 4.51. The molecule has 3 rings (SSSR count). The van der Waals surface area contributed by atoms with Crippen molar-refractivity contribution in [1.82, 2.24) is 0 Å². The van der Waals surface area contributed by atoms with Crippen molar-refractivity contribution in [2.75, 3.05) is 6.61 Å². The Morgan fingerprint density at radius 1 is 0.950 bits per heavy atom. The maximum atomic E-state index is 12.8. The molecule has 114 valence electrons. The summed E-state index contributed by atoms with van der Waals surface area (Å²) in [6, 6.07) is 0. The van der Waals surface area contributed by atoms with E-state index >= 15 is 0 Å². The van der Waals surface area contributed by atoms with E-state index in [0.29, 0.717) is 17.6 Å². The van der Waals surface area contributed by atoms with E-state index in [1.165, 1.54) is 44.9 Å². The molecule has 2 nitrogen and oxygen atoms in total. The minimum Gasteiger partial charge on any atom is -0.375 e. The van der Waals surface area contributed by atoms with E-state index in [9.17, 15) is 4.79 Å². The Balaban J connectivity index is 1.60. The van der Waals surface area contributed by atoms with E-state index in [1.54, 1.807) is 0 Å². The van der Waals surface area contributed by atoms with Gasteiger partial charge in [-0.05, 0) is 44.4 Å². The van der Waals surface area contributed by atoms with E-state index in [2.05, 4.69) is 6.92 Å². The quantitative estimate of drug-likeness (QED) is 0.743. The van der Waals surface area contributed by atoms with Crippen molar-refractivity contribution in [3.05, 3.63) is 0 Å². The zero-order chi connectivity index (χ0) is 14.0. The molecule has 0 aromatic rings. The first-order chi connectivity index (χ1) is 9.69. The van der Waals surface area contributed by atoms with Gasteiger partial charge in [-0.3, -0.25) is 4.79 Å². The highest BCUT2D eigenvalue weighted by atomic mass is 16.5. The molecule has 20 heavy (non-hydrogen) atoms. The van der Waals surface area contributed by atoms with Gasteiger partial charge >= 0.3 is 0 Å². The fraction of sp³-hybridized carbons (Fsp3) is 0.944. The lowest BCUT2D eigenvalue weighted by atomic mass is 9.71. The first-order valence-corrected chi connectivity index (χ1v) is 8.86. The monoisotopic (exact) mass is 278 g/mol. The van der Waals surface area contributed by atoms with Crippen LogP contribution in [0.2, 0.25) is 0 Å². The molecule has 0 aromatic carbocycles. The molecule has 2 saturated carbocycles. The molecule has 1 heterocycles. The molecule has 0 amide bonds. The Hall–Kier alpha value is -0.370. The fourth-order valence-corrected chi connectivity index (χ4v) is 4.69. The standard InChI is InChI=1S/C18H30O2/c1-14-5-7-15(8-6-14)17(19)16-9-12-20-18(13-16)10-3-2-4-11-18/h14-16H,2-13H2,1H3. The van der Waals surface area contributed by atoms with Gasteiger partial charge in [-0.1, -0.05) is 39.0 Å². The highest BCUT2D eigenvalue weighted by molar-refractivity contribution is 5.83. The summed E-state index contributed by atoms with van der Waals surface area (Å²) in [5.74, 6) is 2.10. The van der Waals surface area contributed by atoms with Crippen molar-refractivity contribution in [1.29, 1.82) is 0 Å². The van der Waals surface area contributed by atoms with Crippen LogP contribution >= 0.6 is 0 Å². The Bertz CT molecular complexity index is 330. The van der Waals surface area contributed by atoms with E-state index in [1.807, 2.05) is 0 Å². The normalized spacial score (nSPS) is 37.8. The summed E-state index contributed by atoms with van der Waals surface area (Å²) in [6.07, 6.45) is 13.1. The van der Waals surface area contributed by atoms with Gasteiger partial charge in [0.2, 0.25) is 0 Å². The van der Waals surface area contributed by atoms with Gasteiger partial charge in [0, 0.05) is 18.4 Å². The maximum Gasteiger partial charge on any atom is 0.139 e. The van der Waals surface area contributed by atoms with Crippen molar-refractivity contribution >= 4 is 5.78 Å². The van der Waals surface area contributed by atoms with Crippen molar-refractivity contribution in [2.24, 2.45) is 17.8 Å². The second-order valence-corrected chi connectivity index (χ2v) is 7.64. The Labute approximate surface area is 123 Å². The van der Waals surface area contributed by atoms with Gasteiger partial charge in [0.05, 0.1) is 5.60 Å². The van der Waals surface area contributed by atoms with Gasteiger partial charge in [-0.15, -0.1) is 0 Å². The minimum absolute atomic E-state index is 0.0821. The second-order valence-electron chi connectivity index (χ2n) is 7.64. The first kappa shape index (κ1) is 14.6. The third-order valence-electron chi connectivity index (χ3n) is 6.08. The molecule has 1 aliphatic heterocycles. The zero-order valence-corrected chi connectivity index (χ0v) is 13.0. The maximum absolute atomic E-state index is 12.8. The fourth-order valence-electron chi connectivity index (χ4n) is 4.69. The molecular formula is C18H30O2. The van der Waals surface area contributed by atoms with Gasteiger partial charge in [-0.25, -0.2) is 0 Å². The van der Waals surface area contributed by atoms with Gasteiger partial charge in [0.1, 0.15) is 5.78 Å². The smallest absolute Gasteiger partial charge is 0.139 e. The van der Waals surface area contributed by atoms with Gasteiger partial charge in [-0.2, -0.15) is 0 Å². The van der Waals surface area contributed by atoms with Crippen LogP contribution < -0.4 is 0 Å². The summed E-state index contributed by atoms with van der Waals surface area (Å²) in [5, 5.41) is 0. The number of ether oxygens (including phenoxy) is 1. The molecular weight excluding hydrogens is 248 g/mol. The lowest BCUT2D eigenvalue weighted by Gasteiger charge is -2.44. The summed E-state index contributed by atoms with van der Waals surface area (Å²) in [7, 11) is 0. The first-order valence-electron chi connectivity index (χ1n) is 8.86. The van der Waals surface area contributed by atoms with Crippen LogP contribution in [0.1, 0.15) is 77.6 Å². The topological polar surface area (TPSA) is 26.3 Å². The summed E-state index contributed by atoms with van der Waals surface area (Å²) in [5.41, 5.74) is 0.0821. The largest absolute Gasteiger partial charge is 0.375 e. The number of rotatable bonds is 2. The molecule has 0 radical (unpaired) electrons. The van der Waals surface area contributed by atoms with E-state index in [0.717, 1.165) is 38.2 Å². The average Bonchev–Trinajstić information content (AvgIpc) is 2.48. The number of Topliss-reactive ketones (excluding diaryl/α,β-unsaturated/α-hetero) is 1. The molecule has 0 N–H and O–H groups in total. The highest BCUT2D eigenvalue weighted by Crippen LogP contribution is 2.42. The highest BCUT2D eigenvalue weighted by Gasteiger charge is 2.42. The number of carbonyl (C=O) groups excluding carboxylic acids is 1. The minimum atomic E-state index is 0.0821. The van der Waals surface area contributed by atoms with E-state index in [-0.39, 0.29) is 5.60 Å². The third kappa shape index (κ3) is 3.10. The lowest BCUT2D eigenvalue weighted by molar-refractivity contribution is -0.147. The van der Waals surface area contributed by atoms with Gasteiger partial charge < -0.3 is 4.74 Å². The summed E-state index contributed by atoms with van der Waals surface area (Å²) in [6.45, 7) is 3.14. The van der Waals surface area contributed by atoms with Crippen LogP contribution in [0.25, 0.3) is 0 Å². The van der Waals surface area contributed by atoms with Crippen LogP contribution in [-0.4, -0.2) is 18.0 Å². The Kier molecular flexibility index (Phi) is 4.49. The van der Waals surface area contributed by atoms with Crippen LogP contribution in [0.5, 0.6) is 0 Å². The van der Waals surface area contributed by atoms with Crippen molar-refractivity contribution in [2.45, 2.75) is 83.2 Å². The Morgan fingerprint density at radius 3 is 2.35 bits per heavy atom. The average molecular weight is 278 g/mol. The lowest BCUT2D eigenvalue weighted by Crippen LogP contribution is -2.44. The van der Waals surface area contributed by atoms with Crippen molar-refractivity contribution < 1.29 is 9.53 Å². The number of carbonyl (C=O) groups is 1. The molecule has 2 heteroatoms. The van der Waals surface area contributed by atoms with Gasteiger partial charge in [0.25, 0.3) is 0 Å². The SMILES string of the molecule is CC1CCC(C(=O)C2CCOC3(CCCCC3)C2)CC1. The van der Waals surface area contributed by atoms with Crippen LogP contribution in [0.15, 0.2) is 0 Å². The molecule has 1 spiro atoms. The molecule has 1 unspecified atom stereocenters.